The largest absolute Gasteiger partial charge is 0.493 e. The molecule has 0 N–H and O–H groups in total. The number of nitrogens with zero attached hydrogens (tertiary/aromatic N) is 1. The molecule has 0 spiro atoms. The van der Waals surface area contributed by atoms with Crippen molar-refractivity contribution in [3.8, 4) is 5.75 Å². The summed E-state index contributed by atoms with van der Waals surface area (Å²) >= 11 is 0. The van der Waals surface area contributed by atoms with Crippen LogP contribution in [0, 0.1) is 12.8 Å². The monoisotopic (exact) mass is 439 g/mol. The summed E-state index contributed by atoms with van der Waals surface area (Å²) in [6, 6.07) is 23.8. The van der Waals surface area contributed by atoms with Crippen LogP contribution in [0.4, 0.5) is 0 Å². The number of amides is 2. The zero-order valence-electron chi connectivity index (χ0n) is 19.2. The van der Waals surface area contributed by atoms with Crippen molar-refractivity contribution in [2.75, 3.05) is 6.61 Å². The number of ether oxygens (including phenoxy) is 1. The van der Waals surface area contributed by atoms with E-state index in [1.165, 1.54) is 21.6 Å². The number of rotatable bonds is 6. The first kappa shape index (κ1) is 21.4. The number of carbonyl (C=O) groups is 2. The summed E-state index contributed by atoms with van der Waals surface area (Å²) in [5.74, 6) is 0.957. The van der Waals surface area contributed by atoms with Crippen molar-refractivity contribution >= 4 is 11.8 Å². The number of imide groups is 1. The topological polar surface area (TPSA) is 46.6 Å². The van der Waals surface area contributed by atoms with E-state index in [1.807, 2.05) is 24.3 Å². The quantitative estimate of drug-likeness (QED) is 0.443. The fourth-order valence-corrected chi connectivity index (χ4v) is 5.37. The molecule has 2 amide bonds. The molecular weight excluding hydrogens is 410 g/mol. The third-order valence-electron chi connectivity index (χ3n) is 7.28. The summed E-state index contributed by atoms with van der Waals surface area (Å²) in [6.07, 6.45) is 2.80. The molecular formula is C29H29NO3. The molecule has 168 valence electrons. The number of benzene rings is 3. The van der Waals surface area contributed by atoms with Crippen LogP contribution in [-0.4, -0.2) is 29.4 Å². The molecule has 4 heteroatoms. The second-order valence-electron chi connectivity index (χ2n) is 9.24. The van der Waals surface area contributed by atoms with Gasteiger partial charge in [0.1, 0.15) is 5.75 Å². The molecule has 1 heterocycles. The second-order valence-corrected chi connectivity index (χ2v) is 9.24. The van der Waals surface area contributed by atoms with Gasteiger partial charge >= 0.3 is 0 Å². The Morgan fingerprint density at radius 3 is 2.18 bits per heavy atom. The maximum atomic E-state index is 12.9. The minimum absolute atomic E-state index is 0.0993. The Labute approximate surface area is 195 Å². The van der Waals surface area contributed by atoms with Crippen molar-refractivity contribution in [1.29, 1.82) is 0 Å². The Hall–Kier alpha value is -3.40. The molecule has 3 aromatic rings. The maximum absolute atomic E-state index is 12.9. The molecule has 1 saturated carbocycles. The molecule has 0 radical (unpaired) electrons. The highest BCUT2D eigenvalue weighted by Gasteiger charge is 2.44. The molecule has 1 aliphatic carbocycles. The molecule has 1 fully saturated rings. The zero-order chi connectivity index (χ0) is 22.9. The van der Waals surface area contributed by atoms with Gasteiger partial charge in [0.2, 0.25) is 0 Å². The van der Waals surface area contributed by atoms with E-state index in [0.29, 0.717) is 23.7 Å². The van der Waals surface area contributed by atoms with Gasteiger partial charge in [-0.3, -0.25) is 14.5 Å². The molecule has 5 rings (SSSR count). The van der Waals surface area contributed by atoms with Gasteiger partial charge in [0.15, 0.2) is 0 Å². The zero-order valence-corrected chi connectivity index (χ0v) is 19.2. The minimum Gasteiger partial charge on any atom is -0.493 e. The van der Waals surface area contributed by atoms with Crippen molar-refractivity contribution in [2.24, 2.45) is 5.92 Å². The third-order valence-corrected chi connectivity index (χ3v) is 7.28. The second kappa shape index (κ2) is 8.86. The van der Waals surface area contributed by atoms with Crippen molar-refractivity contribution in [3.05, 3.63) is 101 Å². The SMILES string of the molecule is Cc1ccccc1C(C)c1ccc(OCC2CCCC2N2C(=O)c3ccccc3C2=O)cc1. The fraction of sp³-hybridized carbons (Fsp3) is 0.310. The van der Waals surface area contributed by atoms with Gasteiger partial charge in [-0.2, -0.15) is 0 Å². The van der Waals surface area contributed by atoms with Crippen molar-refractivity contribution in [2.45, 2.75) is 45.1 Å². The summed E-state index contributed by atoms with van der Waals surface area (Å²) in [5, 5.41) is 0. The van der Waals surface area contributed by atoms with E-state index in [9.17, 15) is 9.59 Å². The van der Waals surface area contributed by atoms with Crippen LogP contribution in [0.5, 0.6) is 5.75 Å². The van der Waals surface area contributed by atoms with Crippen LogP contribution in [0.15, 0.2) is 72.8 Å². The van der Waals surface area contributed by atoms with Crippen LogP contribution < -0.4 is 4.74 Å². The number of carbonyl (C=O) groups excluding carboxylic acids is 2. The Morgan fingerprint density at radius 2 is 1.52 bits per heavy atom. The van der Waals surface area contributed by atoms with Crippen LogP contribution in [0.3, 0.4) is 0 Å². The van der Waals surface area contributed by atoms with Crippen molar-refractivity contribution in [1.82, 2.24) is 4.90 Å². The molecule has 0 saturated heterocycles. The molecule has 0 bridgehead atoms. The lowest BCUT2D eigenvalue weighted by Gasteiger charge is -2.28. The summed E-state index contributed by atoms with van der Waals surface area (Å²) < 4.78 is 6.14. The van der Waals surface area contributed by atoms with Crippen LogP contribution >= 0.6 is 0 Å². The van der Waals surface area contributed by atoms with E-state index < -0.39 is 0 Å². The predicted molar refractivity (Wildman–Crippen MR) is 129 cm³/mol. The summed E-state index contributed by atoms with van der Waals surface area (Å²) in [5.41, 5.74) is 4.92. The highest BCUT2D eigenvalue weighted by atomic mass is 16.5. The Morgan fingerprint density at radius 1 is 0.879 bits per heavy atom. The molecule has 3 unspecified atom stereocenters. The van der Waals surface area contributed by atoms with Gasteiger partial charge in [0.25, 0.3) is 11.8 Å². The van der Waals surface area contributed by atoms with E-state index in [4.69, 9.17) is 4.74 Å². The average molecular weight is 440 g/mol. The van der Waals surface area contributed by atoms with E-state index in [-0.39, 0.29) is 23.8 Å². The fourth-order valence-electron chi connectivity index (χ4n) is 5.37. The number of hydrogen-bond donors (Lipinski definition) is 0. The van der Waals surface area contributed by atoms with Gasteiger partial charge < -0.3 is 4.74 Å². The van der Waals surface area contributed by atoms with Gasteiger partial charge in [0.05, 0.1) is 17.7 Å². The van der Waals surface area contributed by atoms with E-state index in [0.717, 1.165) is 25.0 Å². The molecule has 4 nitrogen and oxygen atoms in total. The van der Waals surface area contributed by atoms with Crippen LogP contribution in [0.2, 0.25) is 0 Å². The first-order valence-electron chi connectivity index (χ1n) is 11.8. The van der Waals surface area contributed by atoms with Crippen molar-refractivity contribution in [3.63, 3.8) is 0 Å². The lowest BCUT2D eigenvalue weighted by atomic mass is 9.90. The molecule has 0 aromatic heterocycles. The summed E-state index contributed by atoms with van der Waals surface area (Å²) in [6.45, 7) is 4.88. The number of aryl methyl sites for hydroxylation is 1. The summed E-state index contributed by atoms with van der Waals surface area (Å²) in [7, 11) is 0. The highest BCUT2D eigenvalue weighted by Crippen LogP contribution is 2.36. The minimum atomic E-state index is -0.165. The van der Waals surface area contributed by atoms with E-state index in [2.05, 4.69) is 50.2 Å². The lowest BCUT2D eigenvalue weighted by Crippen LogP contribution is -2.43. The normalized spacial score (nSPS) is 20.7. The Kier molecular flexibility index (Phi) is 5.76. The highest BCUT2D eigenvalue weighted by molar-refractivity contribution is 6.21. The maximum Gasteiger partial charge on any atom is 0.261 e. The third kappa shape index (κ3) is 3.95. The van der Waals surface area contributed by atoms with Gasteiger partial charge in [-0.1, -0.05) is 61.9 Å². The van der Waals surface area contributed by atoms with Gasteiger partial charge in [0, 0.05) is 17.9 Å². The van der Waals surface area contributed by atoms with Gasteiger partial charge in [-0.15, -0.1) is 0 Å². The molecule has 1 aliphatic heterocycles. The predicted octanol–water partition coefficient (Wildman–Crippen LogP) is 5.99. The average Bonchev–Trinajstić information content (AvgIpc) is 3.40. The summed E-state index contributed by atoms with van der Waals surface area (Å²) in [4.78, 5) is 27.3. The standard InChI is InChI=1S/C29H29NO3/c1-19-8-3-4-10-24(19)20(2)21-14-16-23(17-15-21)33-18-22-9-7-13-27(22)30-28(31)25-11-5-6-12-26(25)29(30)32/h3-6,8,10-12,14-17,20,22,27H,7,9,13,18H2,1-2H3. The Balaban J connectivity index is 1.25. The molecule has 33 heavy (non-hydrogen) atoms. The molecule has 3 aromatic carbocycles. The van der Waals surface area contributed by atoms with E-state index in [1.54, 1.807) is 12.1 Å². The van der Waals surface area contributed by atoms with Gasteiger partial charge in [-0.25, -0.2) is 0 Å². The molecule has 3 atom stereocenters. The number of fused-ring (bicyclic) bond motifs is 1. The first-order chi connectivity index (χ1) is 16.0. The first-order valence-corrected chi connectivity index (χ1v) is 11.8. The van der Waals surface area contributed by atoms with Crippen LogP contribution in [0.1, 0.15) is 69.5 Å². The van der Waals surface area contributed by atoms with Gasteiger partial charge in [-0.05, 0) is 60.7 Å². The lowest BCUT2D eigenvalue weighted by molar-refractivity contribution is 0.0522. The van der Waals surface area contributed by atoms with Crippen LogP contribution in [-0.2, 0) is 0 Å². The smallest absolute Gasteiger partial charge is 0.261 e. The Bertz CT molecular complexity index is 1150. The van der Waals surface area contributed by atoms with E-state index >= 15 is 0 Å². The number of hydrogen-bond acceptors (Lipinski definition) is 3. The van der Waals surface area contributed by atoms with Crippen molar-refractivity contribution < 1.29 is 14.3 Å². The van der Waals surface area contributed by atoms with Crippen LogP contribution in [0.25, 0.3) is 0 Å². The molecule has 2 aliphatic rings.